The number of amidine groups is 2. The molecule has 0 bridgehead atoms. The highest BCUT2D eigenvalue weighted by Crippen LogP contribution is 2.31. The van der Waals surface area contributed by atoms with E-state index in [2.05, 4.69) is 27.5 Å². The highest BCUT2D eigenvalue weighted by molar-refractivity contribution is 7.18. The summed E-state index contributed by atoms with van der Waals surface area (Å²) < 4.78 is 0. The number of rotatable bonds is 2. The molecule has 0 saturated heterocycles. The summed E-state index contributed by atoms with van der Waals surface area (Å²) >= 11 is 1.59. The first-order valence-electron chi connectivity index (χ1n) is 5.73. The van der Waals surface area contributed by atoms with Crippen molar-refractivity contribution in [3.63, 3.8) is 0 Å². The standard InChI is InChI=1S/C11H15N5S/c1-6-7(10-13-2-3-14-10)9(12)17-8(6)11-15-4-5-16-11/h2-5,12H2,1H3,(H,13,14)(H,15,16). The van der Waals surface area contributed by atoms with Crippen LogP contribution in [0.15, 0.2) is 9.98 Å². The first-order chi connectivity index (χ1) is 8.27. The molecule has 1 aromatic heterocycles. The molecule has 0 amide bonds. The molecule has 0 unspecified atom stereocenters. The molecule has 17 heavy (non-hydrogen) atoms. The maximum Gasteiger partial charge on any atom is 0.139 e. The third kappa shape index (κ3) is 1.68. The number of nitrogen functional groups attached to an aromatic ring is 1. The number of hydrogen-bond donors (Lipinski definition) is 3. The van der Waals surface area contributed by atoms with Gasteiger partial charge >= 0.3 is 0 Å². The van der Waals surface area contributed by atoms with Crippen LogP contribution < -0.4 is 16.4 Å². The summed E-state index contributed by atoms with van der Waals surface area (Å²) in [6.07, 6.45) is 0. The molecule has 4 N–H and O–H groups in total. The maximum absolute atomic E-state index is 6.10. The second-order valence-corrected chi connectivity index (χ2v) is 5.16. The Bertz CT molecular complexity index is 514. The van der Waals surface area contributed by atoms with Crippen LogP contribution in [-0.2, 0) is 0 Å². The van der Waals surface area contributed by atoms with Gasteiger partial charge in [-0.1, -0.05) is 0 Å². The zero-order valence-electron chi connectivity index (χ0n) is 9.71. The van der Waals surface area contributed by atoms with Gasteiger partial charge in [-0.15, -0.1) is 11.3 Å². The lowest BCUT2D eigenvalue weighted by Crippen LogP contribution is -2.22. The van der Waals surface area contributed by atoms with Crippen LogP contribution in [0.1, 0.15) is 16.0 Å². The van der Waals surface area contributed by atoms with Crippen molar-refractivity contribution in [3.05, 3.63) is 16.0 Å². The molecule has 0 aromatic carbocycles. The minimum atomic E-state index is 0.821. The van der Waals surface area contributed by atoms with E-state index < -0.39 is 0 Å². The van der Waals surface area contributed by atoms with Gasteiger partial charge in [-0.05, 0) is 12.5 Å². The summed E-state index contributed by atoms with van der Waals surface area (Å²) in [7, 11) is 0. The van der Waals surface area contributed by atoms with Crippen LogP contribution >= 0.6 is 11.3 Å². The number of nitrogens with one attached hydrogen (secondary N) is 2. The second kappa shape index (κ2) is 4.03. The topological polar surface area (TPSA) is 74.8 Å². The predicted molar refractivity (Wildman–Crippen MR) is 72.3 cm³/mol. The number of thiophene rings is 1. The number of aliphatic imine (C=N–C) groups is 2. The molecular formula is C11H15N5S. The molecule has 3 heterocycles. The fourth-order valence-corrected chi connectivity index (χ4v) is 3.23. The van der Waals surface area contributed by atoms with Crippen LogP contribution in [0.4, 0.5) is 5.00 Å². The van der Waals surface area contributed by atoms with Crippen molar-refractivity contribution in [2.45, 2.75) is 6.92 Å². The Balaban J connectivity index is 2.05. The van der Waals surface area contributed by atoms with Gasteiger partial charge in [0.1, 0.15) is 11.7 Å². The van der Waals surface area contributed by atoms with Crippen LogP contribution in [0, 0.1) is 6.92 Å². The van der Waals surface area contributed by atoms with Gasteiger partial charge < -0.3 is 16.4 Å². The molecule has 0 spiro atoms. The minimum Gasteiger partial charge on any atom is -0.390 e. The molecule has 0 atom stereocenters. The molecule has 3 rings (SSSR count). The van der Waals surface area contributed by atoms with E-state index in [0.717, 1.165) is 53.3 Å². The van der Waals surface area contributed by atoms with E-state index in [4.69, 9.17) is 5.73 Å². The summed E-state index contributed by atoms with van der Waals surface area (Å²) in [4.78, 5) is 10.0. The van der Waals surface area contributed by atoms with Crippen molar-refractivity contribution in [3.8, 4) is 0 Å². The molecule has 0 aliphatic carbocycles. The van der Waals surface area contributed by atoms with Crippen molar-refractivity contribution in [1.29, 1.82) is 0 Å². The average molecular weight is 249 g/mol. The third-order valence-corrected chi connectivity index (χ3v) is 4.10. The van der Waals surface area contributed by atoms with Gasteiger partial charge in [0.05, 0.1) is 28.5 Å². The van der Waals surface area contributed by atoms with Gasteiger partial charge in [0.2, 0.25) is 0 Å². The van der Waals surface area contributed by atoms with E-state index in [1.165, 1.54) is 5.56 Å². The Hall–Kier alpha value is -1.56. The van der Waals surface area contributed by atoms with Crippen LogP contribution in [0.2, 0.25) is 0 Å². The fraction of sp³-hybridized carbons (Fsp3) is 0.455. The van der Waals surface area contributed by atoms with Crippen molar-refractivity contribution >= 4 is 28.0 Å². The Kier molecular flexibility index (Phi) is 2.51. The molecule has 6 heteroatoms. The summed E-state index contributed by atoms with van der Waals surface area (Å²) in [6, 6.07) is 0. The molecule has 0 fully saturated rings. The smallest absolute Gasteiger partial charge is 0.139 e. The number of nitrogens with two attached hydrogens (primary N) is 1. The maximum atomic E-state index is 6.10. The minimum absolute atomic E-state index is 0.821. The van der Waals surface area contributed by atoms with Crippen LogP contribution in [0.5, 0.6) is 0 Å². The predicted octanol–water partition coefficient (Wildman–Crippen LogP) is 0.338. The molecule has 5 nitrogen and oxygen atoms in total. The van der Waals surface area contributed by atoms with E-state index in [0.29, 0.717) is 0 Å². The normalized spacial score (nSPS) is 18.6. The Morgan fingerprint density at radius 1 is 1.12 bits per heavy atom. The lowest BCUT2D eigenvalue weighted by Gasteiger charge is -2.04. The molecule has 90 valence electrons. The average Bonchev–Trinajstić information content (AvgIpc) is 2.99. The van der Waals surface area contributed by atoms with Crippen LogP contribution in [0.25, 0.3) is 0 Å². The van der Waals surface area contributed by atoms with Gasteiger partial charge in [-0.3, -0.25) is 9.98 Å². The summed E-state index contributed by atoms with van der Waals surface area (Å²) in [6.45, 7) is 5.59. The Labute approximate surface area is 104 Å². The molecule has 2 aliphatic heterocycles. The third-order valence-electron chi connectivity index (χ3n) is 2.97. The van der Waals surface area contributed by atoms with Gasteiger partial charge in [0, 0.05) is 13.1 Å². The molecule has 0 radical (unpaired) electrons. The quantitative estimate of drug-likeness (QED) is 0.707. The second-order valence-electron chi connectivity index (χ2n) is 4.11. The summed E-state index contributed by atoms with van der Waals surface area (Å²) in [5.74, 6) is 1.91. The van der Waals surface area contributed by atoms with Crippen LogP contribution in [-0.4, -0.2) is 37.9 Å². The first-order valence-corrected chi connectivity index (χ1v) is 6.55. The highest BCUT2D eigenvalue weighted by Gasteiger charge is 2.22. The zero-order valence-corrected chi connectivity index (χ0v) is 10.5. The molecule has 2 aliphatic rings. The SMILES string of the molecule is Cc1c(C2=NCCN2)sc(N)c1C1=NCCN1. The summed E-state index contributed by atoms with van der Waals surface area (Å²) in [5.41, 5.74) is 8.33. The molecule has 0 saturated carbocycles. The van der Waals surface area contributed by atoms with E-state index >= 15 is 0 Å². The van der Waals surface area contributed by atoms with Crippen molar-refractivity contribution in [2.75, 3.05) is 31.9 Å². The number of anilines is 1. The van der Waals surface area contributed by atoms with Gasteiger partial charge in [-0.2, -0.15) is 0 Å². The summed E-state index contributed by atoms with van der Waals surface area (Å²) in [5, 5.41) is 7.39. The number of nitrogens with zero attached hydrogens (tertiary/aromatic N) is 2. The highest BCUT2D eigenvalue weighted by atomic mass is 32.1. The van der Waals surface area contributed by atoms with E-state index in [1.54, 1.807) is 11.3 Å². The van der Waals surface area contributed by atoms with Crippen molar-refractivity contribution in [1.82, 2.24) is 10.6 Å². The largest absolute Gasteiger partial charge is 0.390 e. The van der Waals surface area contributed by atoms with E-state index in [9.17, 15) is 0 Å². The van der Waals surface area contributed by atoms with Crippen LogP contribution in [0.3, 0.4) is 0 Å². The van der Waals surface area contributed by atoms with Gasteiger partial charge in [0.15, 0.2) is 0 Å². The first kappa shape index (κ1) is 10.6. The van der Waals surface area contributed by atoms with E-state index in [-0.39, 0.29) is 0 Å². The lowest BCUT2D eigenvalue weighted by molar-refractivity contribution is 0.959. The van der Waals surface area contributed by atoms with Gasteiger partial charge in [0.25, 0.3) is 0 Å². The lowest BCUT2D eigenvalue weighted by atomic mass is 10.1. The zero-order chi connectivity index (χ0) is 11.8. The van der Waals surface area contributed by atoms with Gasteiger partial charge in [-0.25, -0.2) is 0 Å². The molecular weight excluding hydrogens is 234 g/mol. The Morgan fingerprint density at radius 2 is 1.76 bits per heavy atom. The number of hydrogen-bond acceptors (Lipinski definition) is 6. The fourth-order valence-electron chi connectivity index (χ4n) is 2.17. The van der Waals surface area contributed by atoms with E-state index in [1.807, 2.05) is 0 Å². The van der Waals surface area contributed by atoms with Crippen molar-refractivity contribution in [2.24, 2.45) is 9.98 Å². The monoisotopic (exact) mass is 249 g/mol. The molecule has 1 aromatic rings. The van der Waals surface area contributed by atoms with Crippen molar-refractivity contribution < 1.29 is 0 Å². The Morgan fingerprint density at radius 3 is 2.35 bits per heavy atom.